The highest BCUT2D eigenvalue weighted by molar-refractivity contribution is 7.80. The first kappa shape index (κ1) is 19.6. The number of aryl methyl sites for hydroxylation is 1. The molecule has 2 aromatic carbocycles. The van der Waals surface area contributed by atoms with Crippen LogP contribution in [0.15, 0.2) is 42.5 Å². The fourth-order valence-corrected chi connectivity index (χ4v) is 3.01. The fraction of sp³-hybridized carbons (Fsp3) is 0.211. The summed E-state index contributed by atoms with van der Waals surface area (Å²) in [7, 11) is 1.52. The van der Waals surface area contributed by atoms with E-state index in [9.17, 15) is 14.0 Å². The Morgan fingerprint density at radius 1 is 1.25 bits per heavy atom. The van der Waals surface area contributed by atoms with Gasteiger partial charge >= 0.3 is 6.03 Å². The standard InChI is InChI=1S/C19H19FN4O3S/c1-11-7-8-13(10-15(11)20)21-17(28)23-24-16(25)19(2,22-18(24)26)12-5-4-6-14(9-12)27-3/h4-10H,1-3H3,(H,22,26)(H2,21,23,28). The number of hydrazine groups is 1. The van der Waals surface area contributed by atoms with E-state index in [1.165, 1.54) is 13.2 Å². The smallest absolute Gasteiger partial charge is 0.344 e. The molecule has 3 amide bonds. The van der Waals surface area contributed by atoms with Crippen molar-refractivity contribution in [1.82, 2.24) is 15.8 Å². The summed E-state index contributed by atoms with van der Waals surface area (Å²) < 4.78 is 18.8. The van der Waals surface area contributed by atoms with Gasteiger partial charge in [-0.2, -0.15) is 5.01 Å². The Balaban J connectivity index is 1.75. The second-order valence-corrected chi connectivity index (χ2v) is 6.87. The molecule has 2 aromatic rings. The minimum atomic E-state index is -1.29. The molecular weight excluding hydrogens is 383 g/mol. The molecule has 1 fully saturated rings. The normalized spacial score (nSPS) is 18.6. The number of hydrogen-bond donors (Lipinski definition) is 3. The summed E-state index contributed by atoms with van der Waals surface area (Å²) in [5.74, 6) is -0.371. The molecular formula is C19H19FN4O3S. The van der Waals surface area contributed by atoms with Crippen LogP contribution in [0.2, 0.25) is 0 Å². The molecule has 1 aliphatic heterocycles. The third-order valence-corrected chi connectivity index (χ3v) is 4.67. The zero-order valence-corrected chi connectivity index (χ0v) is 16.3. The first-order valence-electron chi connectivity index (χ1n) is 8.39. The van der Waals surface area contributed by atoms with Crippen LogP contribution in [0.1, 0.15) is 18.1 Å². The van der Waals surface area contributed by atoms with Gasteiger partial charge in [-0.05, 0) is 61.5 Å². The van der Waals surface area contributed by atoms with Gasteiger partial charge < -0.3 is 15.4 Å². The van der Waals surface area contributed by atoms with Gasteiger partial charge in [-0.15, -0.1) is 0 Å². The van der Waals surface area contributed by atoms with Crippen molar-refractivity contribution >= 4 is 35.0 Å². The number of urea groups is 1. The van der Waals surface area contributed by atoms with Gasteiger partial charge in [0.2, 0.25) is 0 Å². The van der Waals surface area contributed by atoms with E-state index in [1.54, 1.807) is 50.2 Å². The number of thiocarbonyl (C=S) groups is 1. The molecule has 28 heavy (non-hydrogen) atoms. The predicted molar refractivity (Wildman–Crippen MR) is 106 cm³/mol. The second-order valence-electron chi connectivity index (χ2n) is 6.46. The molecule has 1 heterocycles. The van der Waals surface area contributed by atoms with Crippen molar-refractivity contribution in [2.45, 2.75) is 19.4 Å². The molecule has 0 aliphatic carbocycles. The van der Waals surface area contributed by atoms with Crippen molar-refractivity contribution in [3.63, 3.8) is 0 Å². The van der Waals surface area contributed by atoms with E-state index in [4.69, 9.17) is 17.0 Å². The summed E-state index contributed by atoms with van der Waals surface area (Å²) in [5.41, 5.74) is 2.71. The minimum Gasteiger partial charge on any atom is -0.497 e. The number of ether oxygens (including phenoxy) is 1. The number of nitrogens with zero attached hydrogens (tertiary/aromatic N) is 1. The van der Waals surface area contributed by atoms with Crippen LogP contribution in [-0.4, -0.2) is 29.2 Å². The second kappa shape index (κ2) is 7.43. The van der Waals surface area contributed by atoms with E-state index in [1.807, 2.05) is 0 Å². The number of carbonyl (C=O) groups excluding carboxylic acids is 2. The quantitative estimate of drug-likeness (QED) is 0.539. The highest BCUT2D eigenvalue weighted by Gasteiger charge is 2.50. The molecule has 3 N–H and O–H groups in total. The Morgan fingerprint density at radius 3 is 2.68 bits per heavy atom. The molecule has 3 rings (SSSR count). The number of carbonyl (C=O) groups is 2. The number of nitrogens with one attached hydrogen (secondary N) is 3. The number of rotatable bonds is 4. The highest BCUT2D eigenvalue weighted by Crippen LogP contribution is 2.30. The van der Waals surface area contributed by atoms with Crippen molar-refractivity contribution in [3.05, 3.63) is 59.4 Å². The average Bonchev–Trinajstić information content (AvgIpc) is 2.89. The number of anilines is 1. The maximum Gasteiger partial charge on any atom is 0.344 e. The van der Waals surface area contributed by atoms with Crippen molar-refractivity contribution < 1.29 is 18.7 Å². The van der Waals surface area contributed by atoms with Gasteiger partial charge in [0.25, 0.3) is 5.91 Å². The largest absolute Gasteiger partial charge is 0.497 e. The van der Waals surface area contributed by atoms with E-state index in [-0.39, 0.29) is 5.11 Å². The Hall–Kier alpha value is -3.20. The van der Waals surface area contributed by atoms with Crippen LogP contribution in [0.3, 0.4) is 0 Å². The lowest BCUT2D eigenvalue weighted by Crippen LogP contribution is -2.49. The maximum atomic E-state index is 13.7. The lowest BCUT2D eigenvalue weighted by Gasteiger charge is -2.23. The molecule has 7 nitrogen and oxygen atoms in total. The van der Waals surface area contributed by atoms with Crippen LogP contribution in [0.25, 0.3) is 0 Å². The first-order chi connectivity index (χ1) is 13.2. The van der Waals surface area contributed by atoms with Crippen molar-refractivity contribution in [2.24, 2.45) is 0 Å². The Kier molecular flexibility index (Phi) is 5.19. The van der Waals surface area contributed by atoms with E-state index < -0.39 is 23.3 Å². The van der Waals surface area contributed by atoms with Gasteiger partial charge in [-0.1, -0.05) is 18.2 Å². The zero-order valence-electron chi connectivity index (χ0n) is 15.5. The summed E-state index contributed by atoms with van der Waals surface area (Å²) in [4.78, 5) is 25.3. The number of halogens is 1. The minimum absolute atomic E-state index is 0.0263. The van der Waals surface area contributed by atoms with E-state index >= 15 is 0 Å². The van der Waals surface area contributed by atoms with Crippen LogP contribution in [0, 0.1) is 12.7 Å². The first-order valence-corrected chi connectivity index (χ1v) is 8.80. The van der Waals surface area contributed by atoms with Crippen molar-refractivity contribution in [1.29, 1.82) is 0 Å². The topological polar surface area (TPSA) is 82.7 Å². The van der Waals surface area contributed by atoms with Crippen LogP contribution in [0.5, 0.6) is 5.75 Å². The summed E-state index contributed by atoms with van der Waals surface area (Å²) in [6, 6.07) is 10.7. The SMILES string of the molecule is COc1cccc(C2(C)NC(=O)N(NC(=S)Nc3ccc(C)c(F)c3)C2=O)c1. The summed E-state index contributed by atoms with van der Waals surface area (Å²) in [5, 5.41) is 6.17. The molecule has 1 unspecified atom stereocenters. The Labute approximate surface area is 166 Å². The van der Waals surface area contributed by atoms with Crippen LogP contribution in [-0.2, 0) is 10.3 Å². The van der Waals surface area contributed by atoms with Crippen LogP contribution in [0.4, 0.5) is 14.9 Å². The molecule has 0 aromatic heterocycles. The third kappa shape index (κ3) is 3.61. The lowest BCUT2D eigenvalue weighted by molar-refractivity contribution is -0.132. The van der Waals surface area contributed by atoms with E-state index in [0.29, 0.717) is 22.6 Å². The van der Waals surface area contributed by atoms with Crippen LogP contribution >= 0.6 is 12.2 Å². The number of benzene rings is 2. The molecule has 0 radical (unpaired) electrons. The Bertz CT molecular complexity index is 968. The third-order valence-electron chi connectivity index (χ3n) is 4.48. The van der Waals surface area contributed by atoms with E-state index in [2.05, 4.69) is 16.1 Å². The number of methoxy groups -OCH3 is 1. The molecule has 0 saturated carbocycles. The Morgan fingerprint density at radius 2 is 2.00 bits per heavy atom. The summed E-state index contributed by atoms with van der Waals surface area (Å²) in [6.45, 7) is 3.23. The predicted octanol–water partition coefficient (Wildman–Crippen LogP) is 2.81. The highest BCUT2D eigenvalue weighted by atomic mass is 32.1. The van der Waals surface area contributed by atoms with Crippen LogP contribution < -0.4 is 20.8 Å². The van der Waals surface area contributed by atoms with Gasteiger partial charge in [0.1, 0.15) is 17.1 Å². The van der Waals surface area contributed by atoms with Crippen molar-refractivity contribution in [3.8, 4) is 5.75 Å². The van der Waals surface area contributed by atoms with Gasteiger partial charge in [-0.3, -0.25) is 10.2 Å². The lowest BCUT2D eigenvalue weighted by atomic mass is 9.92. The van der Waals surface area contributed by atoms with Gasteiger partial charge in [0.05, 0.1) is 7.11 Å². The van der Waals surface area contributed by atoms with Crippen molar-refractivity contribution in [2.75, 3.05) is 12.4 Å². The molecule has 146 valence electrons. The molecule has 0 bridgehead atoms. The number of hydrogen-bond acceptors (Lipinski definition) is 4. The molecule has 0 spiro atoms. The zero-order chi connectivity index (χ0) is 20.5. The fourth-order valence-electron chi connectivity index (χ4n) is 2.80. The average molecular weight is 402 g/mol. The maximum absolute atomic E-state index is 13.7. The van der Waals surface area contributed by atoms with E-state index in [0.717, 1.165) is 5.01 Å². The monoisotopic (exact) mass is 402 g/mol. The summed E-state index contributed by atoms with van der Waals surface area (Å²) in [6.07, 6.45) is 0. The summed E-state index contributed by atoms with van der Waals surface area (Å²) >= 11 is 5.15. The molecule has 1 aliphatic rings. The molecule has 1 atom stereocenters. The van der Waals surface area contributed by atoms with Gasteiger partial charge in [0, 0.05) is 5.69 Å². The number of imide groups is 1. The molecule has 9 heteroatoms. The number of amides is 3. The van der Waals surface area contributed by atoms with Gasteiger partial charge in [-0.25, -0.2) is 9.18 Å². The molecule has 1 saturated heterocycles. The van der Waals surface area contributed by atoms with Gasteiger partial charge in [0.15, 0.2) is 5.11 Å².